The molecule has 1 aliphatic rings. The molecule has 7 nitrogen and oxygen atoms in total. The lowest BCUT2D eigenvalue weighted by molar-refractivity contribution is -0.131. The number of rotatable bonds is 6. The second kappa shape index (κ2) is 9.09. The van der Waals surface area contributed by atoms with Gasteiger partial charge in [0.1, 0.15) is 17.1 Å². The van der Waals surface area contributed by atoms with Crippen LogP contribution in [0.1, 0.15) is 42.0 Å². The number of ether oxygens (including phenoxy) is 1. The Balaban J connectivity index is 1.65. The van der Waals surface area contributed by atoms with Crippen LogP contribution in [0.4, 0.5) is 5.69 Å². The van der Waals surface area contributed by atoms with E-state index in [4.69, 9.17) is 21.3 Å². The zero-order valence-corrected chi connectivity index (χ0v) is 19.3. The van der Waals surface area contributed by atoms with Gasteiger partial charge in [-0.15, -0.1) is 0 Å². The molecule has 0 aromatic heterocycles. The van der Waals surface area contributed by atoms with Gasteiger partial charge < -0.3 is 26.4 Å². The predicted octanol–water partition coefficient (Wildman–Crippen LogP) is 4.57. The molecule has 1 heterocycles. The summed E-state index contributed by atoms with van der Waals surface area (Å²) in [6, 6.07) is 13.2. The third kappa shape index (κ3) is 4.69. The number of fused-ring (bicyclic) bond motifs is 3. The molecule has 176 valence electrons. The van der Waals surface area contributed by atoms with Crippen LogP contribution < -0.4 is 16.2 Å². The summed E-state index contributed by atoms with van der Waals surface area (Å²) in [6.07, 6.45) is 5.65. The van der Waals surface area contributed by atoms with Gasteiger partial charge in [0.15, 0.2) is 5.96 Å². The number of phenolic OH excluding ortho intramolecular Hbond substituents is 1. The van der Waals surface area contributed by atoms with E-state index >= 15 is 0 Å². The van der Waals surface area contributed by atoms with Gasteiger partial charge in [-0.3, -0.25) is 0 Å². The summed E-state index contributed by atoms with van der Waals surface area (Å²) in [4.78, 5) is 15.2. The van der Waals surface area contributed by atoms with E-state index in [9.17, 15) is 9.90 Å². The molecule has 6 N–H and O–H groups in total. The van der Waals surface area contributed by atoms with Crippen molar-refractivity contribution in [3.63, 3.8) is 0 Å². The van der Waals surface area contributed by atoms with Crippen LogP contribution >= 0.6 is 0 Å². The van der Waals surface area contributed by atoms with Gasteiger partial charge in [-0.05, 0) is 74.4 Å². The van der Waals surface area contributed by atoms with E-state index in [1.165, 1.54) is 0 Å². The van der Waals surface area contributed by atoms with E-state index in [2.05, 4.69) is 11.9 Å². The molecule has 0 spiro atoms. The smallest absolute Gasteiger partial charge is 0.328 e. The zero-order valence-electron chi connectivity index (χ0n) is 19.3. The number of nitrogens with zero attached hydrogens (tertiary/aromatic N) is 1. The summed E-state index contributed by atoms with van der Waals surface area (Å²) in [5.41, 5.74) is 14.9. The van der Waals surface area contributed by atoms with Crippen LogP contribution in [0.2, 0.25) is 0 Å². The average Bonchev–Trinajstić information content (AvgIpc) is 2.80. The highest BCUT2D eigenvalue weighted by Gasteiger charge is 2.34. The number of nitrogens with two attached hydrogens (primary N) is 2. The Hall–Kier alpha value is -4.00. The number of aliphatic imine (C=N–C) groups is 1. The van der Waals surface area contributed by atoms with Crippen molar-refractivity contribution in [1.82, 2.24) is 0 Å². The Morgan fingerprint density at radius 1 is 1.21 bits per heavy atom. The standard InChI is InChI=1S/C27H29N3O4/c1-16-20-12-14-27(2,34-25(20)22-6-4-3-5-21(22)24(16)33)13-11-18-15-19(30-26(28)29)9-7-17(18)8-10-23(31)32/h3-10,15,33H,11-14H2,1-2H3,(H,31,32)(H4,28,29,30). The van der Waals surface area contributed by atoms with E-state index in [-0.39, 0.29) is 5.96 Å². The number of benzene rings is 3. The molecule has 1 unspecified atom stereocenters. The topological polar surface area (TPSA) is 131 Å². The van der Waals surface area contributed by atoms with Gasteiger partial charge in [-0.1, -0.05) is 30.3 Å². The molecule has 0 radical (unpaired) electrons. The fourth-order valence-corrected chi connectivity index (χ4v) is 4.60. The van der Waals surface area contributed by atoms with Crippen LogP contribution in [0.5, 0.6) is 11.5 Å². The lowest BCUT2D eigenvalue weighted by Crippen LogP contribution is -2.37. The second-order valence-electron chi connectivity index (χ2n) is 8.97. The molecular formula is C27H29N3O4. The molecule has 1 atom stereocenters. The van der Waals surface area contributed by atoms with E-state index in [0.29, 0.717) is 24.3 Å². The molecule has 0 aliphatic carbocycles. The van der Waals surface area contributed by atoms with Crippen molar-refractivity contribution >= 4 is 34.5 Å². The Kier molecular flexibility index (Phi) is 6.20. The summed E-state index contributed by atoms with van der Waals surface area (Å²) >= 11 is 0. The van der Waals surface area contributed by atoms with Crippen LogP contribution in [0.15, 0.2) is 53.5 Å². The Morgan fingerprint density at radius 2 is 1.94 bits per heavy atom. The van der Waals surface area contributed by atoms with Gasteiger partial charge in [0.05, 0.1) is 5.69 Å². The summed E-state index contributed by atoms with van der Waals surface area (Å²) in [6.45, 7) is 4.03. The monoisotopic (exact) mass is 459 g/mol. The minimum Gasteiger partial charge on any atom is -0.507 e. The molecule has 7 heteroatoms. The number of carbonyl (C=O) groups is 1. The van der Waals surface area contributed by atoms with Crippen LogP contribution in [0, 0.1) is 6.92 Å². The molecule has 0 amide bonds. The largest absolute Gasteiger partial charge is 0.507 e. The summed E-state index contributed by atoms with van der Waals surface area (Å²) in [7, 11) is 0. The van der Waals surface area contributed by atoms with Gasteiger partial charge >= 0.3 is 5.97 Å². The van der Waals surface area contributed by atoms with Crippen molar-refractivity contribution in [2.45, 2.75) is 45.1 Å². The number of aliphatic carboxylic acids is 1. The molecule has 3 aromatic rings. The van der Waals surface area contributed by atoms with Crippen molar-refractivity contribution in [1.29, 1.82) is 0 Å². The average molecular weight is 460 g/mol. The first-order chi connectivity index (χ1) is 16.2. The van der Waals surface area contributed by atoms with Crippen LogP contribution in [0.25, 0.3) is 16.8 Å². The second-order valence-corrected chi connectivity index (χ2v) is 8.97. The molecule has 34 heavy (non-hydrogen) atoms. The zero-order chi connectivity index (χ0) is 24.5. The molecular weight excluding hydrogens is 430 g/mol. The maximum atomic E-state index is 11.0. The maximum Gasteiger partial charge on any atom is 0.328 e. The fourth-order valence-electron chi connectivity index (χ4n) is 4.60. The van der Waals surface area contributed by atoms with Gasteiger partial charge in [-0.25, -0.2) is 9.79 Å². The van der Waals surface area contributed by atoms with E-state index in [0.717, 1.165) is 57.7 Å². The lowest BCUT2D eigenvalue weighted by Gasteiger charge is -2.37. The molecule has 0 fully saturated rings. The first-order valence-electron chi connectivity index (χ1n) is 11.2. The number of phenols is 1. The van der Waals surface area contributed by atoms with Crippen molar-refractivity contribution < 1.29 is 19.7 Å². The first kappa shape index (κ1) is 23.2. The summed E-state index contributed by atoms with van der Waals surface area (Å²) < 4.78 is 6.63. The van der Waals surface area contributed by atoms with Crippen LogP contribution in [-0.2, 0) is 17.6 Å². The number of guanidine groups is 1. The number of aromatic hydroxyl groups is 1. The Morgan fingerprint density at radius 3 is 2.65 bits per heavy atom. The number of aryl methyl sites for hydroxylation is 1. The molecule has 0 saturated carbocycles. The SMILES string of the molecule is Cc1c2c(c3ccccc3c1O)OC(C)(CCc1cc(N=C(N)N)ccc1C=CC(=O)O)CC2. The molecule has 0 bridgehead atoms. The van der Waals surface area contributed by atoms with Gasteiger partial charge in [0.25, 0.3) is 0 Å². The minimum atomic E-state index is -1.01. The molecule has 3 aromatic carbocycles. The number of carboxylic acid groups (broad SMARTS) is 1. The third-order valence-corrected chi connectivity index (χ3v) is 6.47. The number of hydrogen-bond donors (Lipinski definition) is 4. The normalized spacial score (nSPS) is 17.4. The number of hydrogen-bond acceptors (Lipinski definition) is 4. The molecule has 0 saturated heterocycles. The van der Waals surface area contributed by atoms with Crippen molar-refractivity contribution in [2.24, 2.45) is 16.5 Å². The van der Waals surface area contributed by atoms with Gasteiger partial charge in [0.2, 0.25) is 0 Å². The van der Waals surface area contributed by atoms with Crippen molar-refractivity contribution in [3.05, 3.63) is 70.8 Å². The highest BCUT2D eigenvalue weighted by atomic mass is 16.5. The van der Waals surface area contributed by atoms with E-state index in [1.54, 1.807) is 12.1 Å². The minimum absolute atomic E-state index is 0.0375. The lowest BCUT2D eigenvalue weighted by atomic mass is 9.84. The highest BCUT2D eigenvalue weighted by molar-refractivity contribution is 5.96. The Labute approximate surface area is 198 Å². The van der Waals surface area contributed by atoms with Crippen molar-refractivity contribution in [2.75, 3.05) is 0 Å². The Bertz CT molecular complexity index is 1330. The van der Waals surface area contributed by atoms with Gasteiger partial charge in [0, 0.05) is 22.4 Å². The van der Waals surface area contributed by atoms with Crippen molar-refractivity contribution in [3.8, 4) is 11.5 Å². The summed E-state index contributed by atoms with van der Waals surface area (Å²) in [5, 5.41) is 21.4. The number of carboxylic acids is 1. The fraction of sp³-hybridized carbons (Fsp3) is 0.259. The summed E-state index contributed by atoms with van der Waals surface area (Å²) in [5.74, 6) is 0.0984. The van der Waals surface area contributed by atoms with Crippen LogP contribution in [0.3, 0.4) is 0 Å². The molecule has 4 rings (SSSR count). The van der Waals surface area contributed by atoms with E-state index < -0.39 is 11.6 Å². The maximum absolute atomic E-state index is 11.0. The third-order valence-electron chi connectivity index (χ3n) is 6.47. The predicted molar refractivity (Wildman–Crippen MR) is 135 cm³/mol. The first-order valence-corrected chi connectivity index (χ1v) is 11.2. The van der Waals surface area contributed by atoms with Crippen LogP contribution in [-0.4, -0.2) is 27.7 Å². The highest BCUT2D eigenvalue weighted by Crippen LogP contribution is 2.46. The van der Waals surface area contributed by atoms with E-state index in [1.807, 2.05) is 43.3 Å². The van der Waals surface area contributed by atoms with Gasteiger partial charge in [-0.2, -0.15) is 0 Å². The quantitative estimate of drug-likeness (QED) is 0.243. The molecule has 1 aliphatic heterocycles.